The number of fused-ring (bicyclic) bond motifs is 1. The lowest BCUT2D eigenvalue weighted by Gasteiger charge is -2.06. The largest absolute Gasteiger partial charge is 0.493 e. The van der Waals surface area contributed by atoms with Crippen molar-refractivity contribution >= 4 is 16.8 Å². The van der Waals surface area contributed by atoms with Gasteiger partial charge in [0, 0.05) is 10.9 Å². The van der Waals surface area contributed by atoms with Gasteiger partial charge in [-0.05, 0) is 31.6 Å². The quantitative estimate of drug-likeness (QED) is 0.623. The first-order valence-electron chi connectivity index (χ1n) is 5.85. The van der Waals surface area contributed by atoms with Gasteiger partial charge in [-0.2, -0.15) is 0 Å². The molecule has 19 heavy (non-hydrogen) atoms. The SMILES string of the molecule is C=C(C)C(=O)c1oc2c(OC)c(OC)ccc2c1C. The number of carbonyl (C=O) groups is 1. The van der Waals surface area contributed by atoms with Gasteiger partial charge in [0.05, 0.1) is 14.2 Å². The van der Waals surface area contributed by atoms with E-state index in [1.807, 2.05) is 13.0 Å². The predicted octanol–water partition coefficient (Wildman–Crippen LogP) is 3.52. The molecule has 1 aromatic heterocycles. The van der Waals surface area contributed by atoms with Gasteiger partial charge in [-0.3, -0.25) is 4.79 Å². The minimum Gasteiger partial charge on any atom is -0.493 e. The number of ether oxygens (including phenoxy) is 2. The monoisotopic (exact) mass is 260 g/mol. The summed E-state index contributed by atoms with van der Waals surface area (Å²) in [5, 5.41) is 0.835. The molecule has 0 spiro atoms. The van der Waals surface area contributed by atoms with Crippen molar-refractivity contribution in [3.8, 4) is 11.5 Å². The molecule has 0 aliphatic rings. The maximum Gasteiger partial charge on any atom is 0.223 e. The Hall–Kier alpha value is -2.23. The van der Waals surface area contributed by atoms with Crippen molar-refractivity contribution in [2.75, 3.05) is 14.2 Å². The van der Waals surface area contributed by atoms with Crippen LogP contribution in [0.5, 0.6) is 11.5 Å². The van der Waals surface area contributed by atoms with Crippen molar-refractivity contribution in [1.29, 1.82) is 0 Å². The number of hydrogen-bond acceptors (Lipinski definition) is 4. The van der Waals surface area contributed by atoms with E-state index in [9.17, 15) is 4.79 Å². The summed E-state index contributed by atoms with van der Waals surface area (Å²) in [5.41, 5.74) is 1.74. The van der Waals surface area contributed by atoms with E-state index in [0.717, 1.165) is 10.9 Å². The van der Waals surface area contributed by atoms with Crippen LogP contribution in [0.2, 0.25) is 0 Å². The molecule has 100 valence electrons. The number of allylic oxidation sites excluding steroid dienone is 1. The summed E-state index contributed by atoms with van der Waals surface area (Å²) in [6.45, 7) is 7.15. The summed E-state index contributed by atoms with van der Waals surface area (Å²) in [6, 6.07) is 3.64. The first kappa shape index (κ1) is 13.2. The maximum atomic E-state index is 12.0. The molecule has 0 amide bonds. The lowest BCUT2D eigenvalue weighted by Crippen LogP contribution is -1.99. The molecule has 0 radical (unpaired) electrons. The molecule has 0 unspecified atom stereocenters. The van der Waals surface area contributed by atoms with Gasteiger partial charge >= 0.3 is 0 Å². The molecule has 0 aliphatic carbocycles. The van der Waals surface area contributed by atoms with Crippen LogP contribution in [-0.2, 0) is 0 Å². The van der Waals surface area contributed by atoms with E-state index >= 15 is 0 Å². The number of furan rings is 1. The van der Waals surface area contributed by atoms with Gasteiger partial charge in [0.1, 0.15) is 0 Å². The molecule has 0 N–H and O–H groups in total. The number of hydrogen-bond donors (Lipinski definition) is 0. The molecule has 0 aliphatic heterocycles. The molecule has 0 atom stereocenters. The van der Waals surface area contributed by atoms with Crippen molar-refractivity contribution in [2.24, 2.45) is 0 Å². The molecule has 1 aromatic carbocycles. The van der Waals surface area contributed by atoms with Crippen molar-refractivity contribution in [1.82, 2.24) is 0 Å². The van der Waals surface area contributed by atoms with E-state index < -0.39 is 0 Å². The number of Topliss-reactive ketones (excluding diaryl/α,β-unsaturated/α-hetero) is 1. The molecule has 0 bridgehead atoms. The molecule has 1 heterocycles. The molecule has 0 saturated carbocycles. The number of rotatable bonds is 4. The van der Waals surface area contributed by atoms with Crippen LogP contribution in [0.3, 0.4) is 0 Å². The Morgan fingerprint density at radius 2 is 1.95 bits per heavy atom. The van der Waals surface area contributed by atoms with Crippen LogP contribution >= 0.6 is 0 Å². The Bertz CT molecular complexity index is 664. The Morgan fingerprint density at radius 3 is 2.47 bits per heavy atom. The molecular formula is C15H16O4. The second kappa shape index (κ2) is 4.80. The molecule has 0 fully saturated rings. The molecule has 0 saturated heterocycles. The zero-order valence-corrected chi connectivity index (χ0v) is 11.5. The van der Waals surface area contributed by atoms with Gasteiger partial charge in [0.25, 0.3) is 0 Å². The van der Waals surface area contributed by atoms with E-state index in [1.54, 1.807) is 20.1 Å². The lowest BCUT2D eigenvalue weighted by atomic mass is 10.1. The topological polar surface area (TPSA) is 48.7 Å². The Balaban J connectivity index is 2.76. The average molecular weight is 260 g/mol. The molecule has 4 nitrogen and oxygen atoms in total. The fraction of sp³-hybridized carbons (Fsp3) is 0.267. The molecule has 2 aromatic rings. The third kappa shape index (κ3) is 1.99. The zero-order valence-electron chi connectivity index (χ0n) is 11.5. The van der Waals surface area contributed by atoms with Gasteiger partial charge < -0.3 is 13.9 Å². The number of benzene rings is 1. The predicted molar refractivity (Wildman–Crippen MR) is 73.2 cm³/mol. The maximum absolute atomic E-state index is 12.0. The summed E-state index contributed by atoms with van der Waals surface area (Å²) in [4.78, 5) is 12.0. The van der Waals surface area contributed by atoms with Gasteiger partial charge in [0.2, 0.25) is 11.5 Å². The van der Waals surface area contributed by atoms with E-state index in [-0.39, 0.29) is 5.78 Å². The van der Waals surface area contributed by atoms with E-state index in [2.05, 4.69) is 6.58 Å². The van der Waals surface area contributed by atoms with E-state index in [1.165, 1.54) is 7.11 Å². The Morgan fingerprint density at radius 1 is 1.26 bits per heavy atom. The number of methoxy groups -OCH3 is 2. The minimum atomic E-state index is -0.199. The van der Waals surface area contributed by atoms with Gasteiger partial charge in [-0.15, -0.1) is 0 Å². The van der Waals surface area contributed by atoms with Gasteiger partial charge in [-0.25, -0.2) is 0 Å². The first-order chi connectivity index (χ1) is 9.01. The fourth-order valence-corrected chi connectivity index (χ4v) is 2.01. The van der Waals surface area contributed by atoms with Crippen LogP contribution in [0.4, 0.5) is 0 Å². The summed E-state index contributed by atoms with van der Waals surface area (Å²) in [6.07, 6.45) is 0. The lowest BCUT2D eigenvalue weighted by molar-refractivity contribution is 0.101. The molecule has 4 heteroatoms. The highest BCUT2D eigenvalue weighted by Crippen LogP contribution is 2.39. The highest BCUT2D eigenvalue weighted by Gasteiger charge is 2.22. The zero-order chi connectivity index (χ0) is 14.2. The van der Waals surface area contributed by atoms with Crippen molar-refractivity contribution in [3.63, 3.8) is 0 Å². The summed E-state index contributed by atoms with van der Waals surface area (Å²) in [5.74, 6) is 1.16. The second-order valence-corrected chi connectivity index (χ2v) is 4.34. The number of ketones is 1. The second-order valence-electron chi connectivity index (χ2n) is 4.34. The normalized spacial score (nSPS) is 10.5. The smallest absolute Gasteiger partial charge is 0.223 e. The van der Waals surface area contributed by atoms with E-state index in [0.29, 0.717) is 28.4 Å². The van der Waals surface area contributed by atoms with Crippen molar-refractivity contribution < 1.29 is 18.7 Å². The van der Waals surface area contributed by atoms with Crippen LogP contribution in [-0.4, -0.2) is 20.0 Å². The highest BCUT2D eigenvalue weighted by atomic mass is 16.5. The summed E-state index contributed by atoms with van der Waals surface area (Å²) >= 11 is 0. The van der Waals surface area contributed by atoms with Gasteiger partial charge in [0.15, 0.2) is 17.1 Å². The van der Waals surface area contributed by atoms with Crippen molar-refractivity contribution in [3.05, 3.63) is 35.6 Å². The summed E-state index contributed by atoms with van der Waals surface area (Å²) in [7, 11) is 3.09. The third-order valence-corrected chi connectivity index (χ3v) is 3.04. The van der Waals surface area contributed by atoms with Gasteiger partial charge in [-0.1, -0.05) is 6.58 Å². The van der Waals surface area contributed by atoms with Crippen LogP contribution in [0, 0.1) is 6.92 Å². The Kier molecular flexibility index (Phi) is 3.34. The third-order valence-electron chi connectivity index (χ3n) is 3.04. The van der Waals surface area contributed by atoms with Crippen molar-refractivity contribution in [2.45, 2.75) is 13.8 Å². The Labute approximate surface area is 111 Å². The van der Waals surface area contributed by atoms with Crippen LogP contribution in [0.1, 0.15) is 23.0 Å². The minimum absolute atomic E-state index is 0.199. The standard InChI is InChI=1S/C15H16O4/c1-8(2)12(16)13-9(3)10-6-7-11(17-4)15(18-5)14(10)19-13/h6-7H,1H2,2-5H3. The first-order valence-corrected chi connectivity index (χ1v) is 5.85. The molecular weight excluding hydrogens is 244 g/mol. The number of carbonyl (C=O) groups excluding carboxylic acids is 1. The summed E-state index contributed by atoms with van der Waals surface area (Å²) < 4.78 is 16.2. The average Bonchev–Trinajstić information content (AvgIpc) is 2.74. The van der Waals surface area contributed by atoms with E-state index in [4.69, 9.17) is 13.9 Å². The van der Waals surface area contributed by atoms with Crippen LogP contribution in [0.25, 0.3) is 11.0 Å². The fourth-order valence-electron chi connectivity index (χ4n) is 2.01. The molecule has 2 rings (SSSR count). The number of aryl methyl sites for hydroxylation is 1. The van der Waals surface area contributed by atoms with Crippen LogP contribution in [0.15, 0.2) is 28.7 Å². The van der Waals surface area contributed by atoms with Crippen LogP contribution < -0.4 is 9.47 Å². The highest BCUT2D eigenvalue weighted by molar-refractivity contribution is 6.10.